The standard InChI is InChI=1S/C21H23ClF2N2O4S/c1-25(31(2,28)29)13-3-4-17(23)20(9-13)30-21-16-7-12(22)8-18(24)15(16)10-19(21)26-6-5-14(27)11-26/h3-4,7-9,14,19,21,27H,5-6,10-11H2,1-2H3/t14-,19+,21+/m1/s1. The molecule has 0 amide bonds. The molecule has 1 saturated heterocycles. The van der Waals surface area contributed by atoms with E-state index in [1.54, 1.807) is 6.07 Å². The van der Waals surface area contributed by atoms with E-state index >= 15 is 0 Å². The molecule has 10 heteroatoms. The van der Waals surface area contributed by atoms with Crippen molar-refractivity contribution in [2.24, 2.45) is 0 Å². The molecule has 2 aromatic carbocycles. The first-order valence-corrected chi connectivity index (χ1v) is 12.1. The van der Waals surface area contributed by atoms with E-state index in [0.717, 1.165) is 16.6 Å². The predicted molar refractivity (Wildman–Crippen MR) is 114 cm³/mol. The lowest BCUT2D eigenvalue weighted by Crippen LogP contribution is -2.39. The normalized spacial score (nSPS) is 23.7. The van der Waals surface area contributed by atoms with E-state index in [9.17, 15) is 22.3 Å². The van der Waals surface area contributed by atoms with Crippen LogP contribution in [0.3, 0.4) is 0 Å². The molecular weight excluding hydrogens is 450 g/mol. The molecule has 1 heterocycles. The molecule has 0 saturated carbocycles. The summed E-state index contributed by atoms with van der Waals surface area (Å²) in [4.78, 5) is 2.01. The van der Waals surface area contributed by atoms with Gasteiger partial charge in [-0.05, 0) is 42.7 Å². The number of aliphatic hydroxyl groups is 1. The quantitative estimate of drug-likeness (QED) is 0.724. The van der Waals surface area contributed by atoms with Crippen molar-refractivity contribution in [1.29, 1.82) is 0 Å². The highest BCUT2D eigenvalue weighted by Gasteiger charge is 2.42. The van der Waals surface area contributed by atoms with E-state index < -0.39 is 33.9 Å². The number of ether oxygens (including phenoxy) is 1. The van der Waals surface area contributed by atoms with Crippen molar-refractivity contribution in [3.63, 3.8) is 0 Å². The van der Waals surface area contributed by atoms with Gasteiger partial charge in [0.25, 0.3) is 0 Å². The van der Waals surface area contributed by atoms with Crippen LogP contribution in [0.2, 0.25) is 5.02 Å². The van der Waals surface area contributed by atoms with Crippen molar-refractivity contribution < 1.29 is 27.0 Å². The van der Waals surface area contributed by atoms with Gasteiger partial charge in [-0.25, -0.2) is 17.2 Å². The fraction of sp³-hybridized carbons (Fsp3) is 0.429. The third kappa shape index (κ3) is 4.37. The molecule has 0 radical (unpaired) electrons. The molecule has 1 aliphatic heterocycles. The minimum Gasteiger partial charge on any atom is -0.481 e. The van der Waals surface area contributed by atoms with Crippen molar-refractivity contribution in [2.75, 3.05) is 30.7 Å². The molecule has 1 fully saturated rings. The van der Waals surface area contributed by atoms with Crippen molar-refractivity contribution in [3.05, 3.63) is 58.1 Å². The summed E-state index contributed by atoms with van der Waals surface area (Å²) in [6.45, 7) is 1.02. The Morgan fingerprint density at radius 1 is 1.23 bits per heavy atom. The number of hydrogen-bond acceptors (Lipinski definition) is 5. The molecule has 6 nitrogen and oxygen atoms in total. The third-order valence-corrected chi connectivity index (χ3v) is 7.38. The summed E-state index contributed by atoms with van der Waals surface area (Å²) in [6, 6.07) is 6.32. The Balaban J connectivity index is 1.73. The number of rotatable bonds is 5. The lowest BCUT2D eigenvalue weighted by Gasteiger charge is -2.30. The van der Waals surface area contributed by atoms with Gasteiger partial charge in [-0.2, -0.15) is 0 Å². The molecule has 31 heavy (non-hydrogen) atoms. The third-order valence-electron chi connectivity index (χ3n) is 5.96. The number of nitrogens with zero attached hydrogens (tertiary/aromatic N) is 2. The summed E-state index contributed by atoms with van der Waals surface area (Å²) in [5, 5.41) is 10.2. The van der Waals surface area contributed by atoms with Gasteiger partial charge in [0, 0.05) is 36.8 Å². The largest absolute Gasteiger partial charge is 0.481 e. The lowest BCUT2D eigenvalue weighted by molar-refractivity contribution is 0.0790. The van der Waals surface area contributed by atoms with Gasteiger partial charge in [-0.1, -0.05) is 11.6 Å². The highest BCUT2D eigenvalue weighted by atomic mass is 35.5. The van der Waals surface area contributed by atoms with Gasteiger partial charge in [-0.3, -0.25) is 9.21 Å². The molecule has 0 spiro atoms. The molecule has 0 aromatic heterocycles. The zero-order valence-corrected chi connectivity index (χ0v) is 18.6. The topological polar surface area (TPSA) is 70.1 Å². The first kappa shape index (κ1) is 22.3. The van der Waals surface area contributed by atoms with E-state index in [-0.39, 0.29) is 22.5 Å². The molecule has 3 atom stereocenters. The summed E-state index contributed by atoms with van der Waals surface area (Å²) >= 11 is 6.08. The van der Waals surface area contributed by atoms with Crippen LogP contribution in [0.25, 0.3) is 0 Å². The average molecular weight is 473 g/mol. The Hall–Kier alpha value is -1.94. The van der Waals surface area contributed by atoms with Crippen LogP contribution in [-0.4, -0.2) is 57.0 Å². The molecule has 2 aliphatic rings. The van der Waals surface area contributed by atoms with Crippen molar-refractivity contribution in [3.8, 4) is 5.75 Å². The summed E-state index contributed by atoms with van der Waals surface area (Å²) in [5.74, 6) is -1.26. The van der Waals surface area contributed by atoms with Crippen LogP contribution in [0.5, 0.6) is 5.75 Å². The summed E-state index contributed by atoms with van der Waals surface area (Å²) < 4.78 is 60.1. The second kappa shape index (κ2) is 8.20. The Morgan fingerprint density at radius 3 is 2.61 bits per heavy atom. The van der Waals surface area contributed by atoms with Gasteiger partial charge in [0.1, 0.15) is 11.9 Å². The second-order valence-electron chi connectivity index (χ2n) is 8.05. The first-order chi connectivity index (χ1) is 14.5. The Labute approximate surface area is 185 Å². The SMILES string of the molecule is CN(c1ccc(F)c(O[C@H]2c3cc(Cl)cc(F)c3C[C@@H]2N2CC[C@@H](O)C2)c1)S(C)(=O)=O. The van der Waals surface area contributed by atoms with Crippen molar-refractivity contribution in [1.82, 2.24) is 4.90 Å². The van der Waals surface area contributed by atoms with Crippen LogP contribution in [0, 0.1) is 11.6 Å². The number of anilines is 1. The fourth-order valence-electron chi connectivity index (χ4n) is 4.25. The average Bonchev–Trinajstić information content (AvgIpc) is 3.26. The molecule has 1 aliphatic carbocycles. The molecule has 4 rings (SSSR count). The smallest absolute Gasteiger partial charge is 0.231 e. The van der Waals surface area contributed by atoms with E-state index in [0.29, 0.717) is 37.1 Å². The molecular formula is C21H23ClF2N2O4S. The van der Waals surface area contributed by atoms with Crippen LogP contribution in [0.4, 0.5) is 14.5 Å². The Morgan fingerprint density at radius 2 is 1.97 bits per heavy atom. The van der Waals surface area contributed by atoms with Crippen LogP contribution in [-0.2, 0) is 16.4 Å². The second-order valence-corrected chi connectivity index (χ2v) is 10.5. The monoisotopic (exact) mass is 472 g/mol. The zero-order valence-electron chi connectivity index (χ0n) is 17.1. The van der Waals surface area contributed by atoms with Gasteiger partial charge >= 0.3 is 0 Å². The first-order valence-electron chi connectivity index (χ1n) is 9.84. The van der Waals surface area contributed by atoms with Crippen LogP contribution < -0.4 is 9.04 Å². The number of sulfonamides is 1. The fourth-order valence-corrected chi connectivity index (χ4v) is 4.96. The van der Waals surface area contributed by atoms with Crippen LogP contribution in [0.15, 0.2) is 30.3 Å². The molecule has 0 unspecified atom stereocenters. The van der Waals surface area contributed by atoms with E-state index in [2.05, 4.69) is 0 Å². The van der Waals surface area contributed by atoms with Crippen LogP contribution >= 0.6 is 11.6 Å². The maximum atomic E-state index is 14.6. The number of halogens is 3. The number of aliphatic hydroxyl groups excluding tert-OH is 1. The van der Waals surface area contributed by atoms with E-state index in [1.807, 2.05) is 4.90 Å². The summed E-state index contributed by atoms with van der Waals surface area (Å²) in [5.41, 5.74) is 1.21. The zero-order chi connectivity index (χ0) is 22.5. The van der Waals surface area contributed by atoms with Gasteiger partial charge in [0.05, 0.1) is 24.1 Å². The summed E-state index contributed by atoms with van der Waals surface area (Å²) in [6.07, 6.45) is 0.749. The molecule has 2 aromatic rings. The minimum atomic E-state index is -3.55. The number of benzene rings is 2. The van der Waals surface area contributed by atoms with Gasteiger partial charge in [0.15, 0.2) is 11.6 Å². The van der Waals surface area contributed by atoms with Gasteiger partial charge in [0.2, 0.25) is 10.0 Å². The van der Waals surface area contributed by atoms with Crippen LogP contribution in [0.1, 0.15) is 23.7 Å². The number of fused-ring (bicyclic) bond motifs is 1. The number of hydrogen-bond donors (Lipinski definition) is 1. The van der Waals surface area contributed by atoms with Gasteiger partial charge < -0.3 is 9.84 Å². The maximum Gasteiger partial charge on any atom is 0.231 e. The summed E-state index contributed by atoms with van der Waals surface area (Å²) in [7, 11) is -2.19. The van der Waals surface area contributed by atoms with Crippen molar-refractivity contribution >= 4 is 27.3 Å². The highest BCUT2D eigenvalue weighted by molar-refractivity contribution is 7.92. The maximum absolute atomic E-state index is 14.6. The predicted octanol–water partition coefficient (Wildman–Crippen LogP) is 3.13. The Bertz CT molecular complexity index is 1110. The lowest BCUT2D eigenvalue weighted by atomic mass is 10.1. The number of likely N-dealkylation sites (tertiary alicyclic amines) is 1. The minimum absolute atomic E-state index is 0.143. The van der Waals surface area contributed by atoms with E-state index in [4.69, 9.17) is 16.3 Å². The van der Waals surface area contributed by atoms with E-state index in [1.165, 1.54) is 25.2 Å². The van der Waals surface area contributed by atoms with Crippen molar-refractivity contribution in [2.45, 2.75) is 31.1 Å². The molecule has 168 valence electrons. The molecule has 0 bridgehead atoms. The molecule has 1 N–H and O–H groups in total. The number of β-amino-alcohol motifs (C(OH)–C–C–N with tert-alkyl or cyclic N) is 1. The van der Waals surface area contributed by atoms with Gasteiger partial charge in [-0.15, -0.1) is 0 Å². The highest BCUT2D eigenvalue weighted by Crippen LogP contribution is 2.42. The Kier molecular flexibility index (Phi) is 5.89.